The van der Waals surface area contributed by atoms with Gasteiger partial charge in [-0.1, -0.05) is 30.3 Å². The number of urea groups is 1. The molecule has 1 aliphatic heterocycles. The molecule has 0 spiro atoms. The predicted octanol–water partition coefficient (Wildman–Crippen LogP) is 1.90. The third-order valence-electron chi connectivity index (χ3n) is 2.30. The molecule has 3 nitrogen and oxygen atoms in total. The lowest BCUT2D eigenvalue weighted by Crippen LogP contribution is -2.27. The van der Waals surface area contributed by atoms with E-state index in [1.54, 1.807) is 11.8 Å². The summed E-state index contributed by atoms with van der Waals surface area (Å²) in [6.45, 7) is 1.62. The monoisotopic (exact) mass is 222 g/mol. The third-order valence-corrected chi connectivity index (χ3v) is 3.34. The highest BCUT2D eigenvalue weighted by molar-refractivity contribution is 7.98. The van der Waals surface area contributed by atoms with Crippen molar-refractivity contribution in [2.45, 2.75) is 5.75 Å². The van der Waals surface area contributed by atoms with Gasteiger partial charge in [-0.2, -0.15) is 0 Å². The molecule has 80 valence electrons. The molecular formula is C11H14N2OS. The lowest BCUT2D eigenvalue weighted by atomic mass is 10.2. The van der Waals surface area contributed by atoms with Crippen LogP contribution in [0.5, 0.6) is 0 Å². The summed E-state index contributed by atoms with van der Waals surface area (Å²) in [5.74, 6) is 1.74. The Morgan fingerprint density at radius 2 is 2.13 bits per heavy atom. The number of amides is 2. The molecular weight excluding hydrogens is 208 g/mol. The van der Waals surface area contributed by atoms with E-state index >= 15 is 0 Å². The first-order valence-electron chi connectivity index (χ1n) is 5.01. The maximum absolute atomic E-state index is 11.2. The summed E-state index contributed by atoms with van der Waals surface area (Å²) < 4.78 is 0. The van der Waals surface area contributed by atoms with E-state index in [4.69, 9.17) is 0 Å². The molecule has 0 unspecified atom stereocenters. The Balaban J connectivity index is 1.73. The molecule has 2 amide bonds. The molecule has 0 atom stereocenters. The number of thioether (sulfide) groups is 1. The van der Waals surface area contributed by atoms with Crippen LogP contribution >= 0.6 is 11.8 Å². The Bertz CT molecular complexity index is 329. The summed E-state index contributed by atoms with van der Waals surface area (Å²) in [5, 5.41) is 2.79. The van der Waals surface area contributed by atoms with E-state index in [1.807, 2.05) is 23.1 Å². The number of rotatable bonds is 4. The van der Waals surface area contributed by atoms with Gasteiger partial charge >= 0.3 is 6.03 Å². The number of hydrogen-bond donors (Lipinski definition) is 1. The topological polar surface area (TPSA) is 32.3 Å². The number of nitrogens with zero attached hydrogens (tertiary/aromatic N) is 1. The molecule has 1 fully saturated rings. The van der Waals surface area contributed by atoms with Crippen LogP contribution in [-0.4, -0.2) is 29.9 Å². The van der Waals surface area contributed by atoms with Crippen molar-refractivity contribution in [2.24, 2.45) is 0 Å². The maximum Gasteiger partial charge on any atom is 0.318 e. The fourth-order valence-corrected chi connectivity index (χ4v) is 2.47. The number of carbonyl (C=O) groups excluding carboxylic acids is 1. The van der Waals surface area contributed by atoms with E-state index in [1.165, 1.54) is 5.56 Å². The van der Waals surface area contributed by atoms with E-state index in [0.29, 0.717) is 0 Å². The van der Waals surface area contributed by atoms with Crippen molar-refractivity contribution in [3.8, 4) is 0 Å². The SMILES string of the molecule is O=C1NCCN1CSCc1ccccc1. The smallest absolute Gasteiger partial charge is 0.318 e. The molecule has 1 aromatic carbocycles. The van der Waals surface area contributed by atoms with E-state index in [0.717, 1.165) is 24.7 Å². The van der Waals surface area contributed by atoms with Crippen molar-refractivity contribution in [3.05, 3.63) is 35.9 Å². The minimum Gasteiger partial charge on any atom is -0.336 e. The molecule has 1 aromatic rings. The van der Waals surface area contributed by atoms with Crippen LogP contribution in [0.2, 0.25) is 0 Å². The highest BCUT2D eigenvalue weighted by atomic mass is 32.2. The molecule has 0 radical (unpaired) electrons. The Morgan fingerprint density at radius 3 is 2.80 bits per heavy atom. The van der Waals surface area contributed by atoms with Gasteiger partial charge in [-0.25, -0.2) is 4.79 Å². The van der Waals surface area contributed by atoms with Gasteiger partial charge in [0.05, 0.1) is 5.88 Å². The molecule has 1 heterocycles. The molecule has 1 aliphatic rings. The first kappa shape index (κ1) is 10.4. The number of nitrogens with one attached hydrogen (secondary N) is 1. The second-order valence-electron chi connectivity index (χ2n) is 3.46. The van der Waals surface area contributed by atoms with Gasteiger partial charge in [-0.15, -0.1) is 11.8 Å². The first-order chi connectivity index (χ1) is 7.36. The highest BCUT2D eigenvalue weighted by Crippen LogP contribution is 2.14. The minimum absolute atomic E-state index is 0.0653. The summed E-state index contributed by atoms with van der Waals surface area (Å²) >= 11 is 1.77. The lowest BCUT2D eigenvalue weighted by molar-refractivity contribution is 0.224. The van der Waals surface area contributed by atoms with Crippen molar-refractivity contribution in [3.63, 3.8) is 0 Å². The fraction of sp³-hybridized carbons (Fsp3) is 0.364. The summed E-state index contributed by atoms with van der Waals surface area (Å²) in [6, 6.07) is 10.4. The molecule has 1 saturated heterocycles. The average molecular weight is 222 g/mol. The van der Waals surface area contributed by atoms with Gasteiger partial charge in [-0.3, -0.25) is 0 Å². The van der Waals surface area contributed by atoms with Crippen LogP contribution in [0.1, 0.15) is 5.56 Å². The van der Waals surface area contributed by atoms with Gasteiger partial charge in [0.25, 0.3) is 0 Å². The van der Waals surface area contributed by atoms with Crippen LogP contribution in [-0.2, 0) is 5.75 Å². The Labute approximate surface area is 93.8 Å². The van der Waals surface area contributed by atoms with Crippen molar-refractivity contribution in [2.75, 3.05) is 19.0 Å². The standard InChI is InChI=1S/C11H14N2OS/c14-11-12-6-7-13(11)9-15-8-10-4-2-1-3-5-10/h1-5H,6-9H2,(H,12,14). The summed E-state index contributed by atoms with van der Waals surface area (Å²) in [6.07, 6.45) is 0. The van der Waals surface area contributed by atoms with Gasteiger partial charge in [0.2, 0.25) is 0 Å². The Morgan fingerprint density at radius 1 is 1.33 bits per heavy atom. The van der Waals surface area contributed by atoms with Crippen molar-refractivity contribution in [1.82, 2.24) is 10.2 Å². The van der Waals surface area contributed by atoms with Crippen LogP contribution in [0.25, 0.3) is 0 Å². The van der Waals surface area contributed by atoms with E-state index in [9.17, 15) is 4.79 Å². The number of hydrogen-bond acceptors (Lipinski definition) is 2. The predicted molar refractivity (Wildman–Crippen MR) is 62.7 cm³/mol. The largest absolute Gasteiger partial charge is 0.336 e. The summed E-state index contributed by atoms with van der Waals surface area (Å²) in [5.41, 5.74) is 1.31. The molecule has 1 N–H and O–H groups in total. The molecule has 0 aliphatic carbocycles. The van der Waals surface area contributed by atoms with Crippen LogP contribution in [0.3, 0.4) is 0 Å². The van der Waals surface area contributed by atoms with E-state index < -0.39 is 0 Å². The Hall–Kier alpha value is -1.16. The molecule has 2 rings (SSSR count). The molecule has 4 heteroatoms. The van der Waals surface area contributed by atoms with Crippen molar-refractivity contribution >= 4 is 17.8 Å². The Kier molecular flexibility index (Phi) is 3.50. The van der Waals surface area contributed by atoms with Gasteiger partial charge in [0.1, 0.15) is 0 Å². The zero-order valence-corrected chi connectivity index (χ0v) is 9.30. The van der Waals surface area contributed by atoms with Crippen LogP contribution in [0.4, 0.5) is 4.79 Å². The van der Waals surface area contributed by atoms with Crippen molar-refractivity contribution in [1.29, 1.82) is 0 Å². The second-order valence-corrected chi connectivity index (χ2v) is 4.41. The third kappa shape index (κ3) is 2.89. The van der Waals surface area contributed by atoms with E-state index in [-0.39, 0.29) is 6.03 Å². The fourth-order valence-electron chi connectivity index (χ4n) is 1.48. The van der Waals surface area contributed by atoms with E-state index in [2.05, 4.69) is 17.4 Å². The molecule has 15 heavy (non-hydrogen) atoms. The van der Waals surface area contributed by atoms with Crippen LogP contribution in [0.15, 0.2) is 30.3 Å². The van der Waals surface area contributed by atoms with Crippen molar-refractivity contribution < 1.29 is 4.79 Å². The molecule has 0 aromatic heterocycles. The van der Waals surface area contributed by atoms with Crippen LogP contribution < -0.4 is 5.32 Å². The first-order valence-corrected chi connectivity index (χ1v) is 6.16. The number of benzene rings is 1. The minimum atomic E-state index is 0.0653. The molecule has 0 bridgehead atoms. The average Bonchev–Trinajstić information content (AvgIpc) is 2.66. The van der Waals surface area contributed by atoms with Crippen LogP contribution in [0, 0.1) is 0 Å². The lowest BCUT2D eigenvalue weighted by Gasteiger charge is -2.12. The van der Waals surface area contributed by atoms with Gasteiger partial charge in [0.15, 0.2) is 0 Å². The summed E-state index contributed by atoms with van der Waals surface area (Å²) in [4.78, 5) is 13.1. The van der Waals surface area contributed by atoms with Gasteiger partial charge in [0, 0.05) is 18.8 Å². The van der Waals surface area contributed by atoms with Gasteiger partial charge in [-0.05, 0) is 5.56 Å². The van der Waals surface area contributed by atoms with Gasteiger partial charge < -0.3 is 10.2 Å². The zero-order chi connectivity index (χ0) is 10.5. The maximum atomic E-state index is 11.2. The second kappa shape index (κ2) is 5.07. The number of carbonyl (C=O) groups is 1. The quantitative estimate of drug-likeness (QED) is 0.844. The normalized spacial score (nSPS) is 15.5. The highest BCUT2D eigenvalue weighted by Gasteiger charge is 2.18. The summed E-state index contributed by atoms with van der Waals surface area (Å²) in [7, 11) is 0. The zero-order valence-electron chi connectivity index (χ0n) is 8.48. The molecule has 0 saturated carbocycles.